The Labute approximate surface area is 85.1 Å². The molecule has 0 heterocycles. The lowest BCUT2D eigenvalue weighted by atomic mass is 10.2. The molecule has 0 aliphatic carbocycles. The second-order valence-corrected chi connectivity index (χ2v) is 3.78. The molecule has 0 radical (unpaired) electrons. The molecule has 4 heteroatoms. The second-order valence-electron chi connectivity index (χ2n) is 2.86. The summed E-state index contributed by atoms with van der Waals surface area (Å²) in [6.07, 6.45) is 0. The molecule has 0 saturated carbocycles. The summed E-state index contributed by atoms with van der Waals surface area (Å²) in [6.45, 7) is 0. The Balaban J connectivity index is 3.09. The Kier molecular flexibility index (Phi) is 2.93. The minimum atomic E-state index is -0.204. The SMILES string of the molecule is CN(C)C(=O)c1ccc(Br)cc1O. The van der Waals surface area contributed by atoms with Gasteiger partial charge in [0.25, 0.3) is 5.91 Å². The van der Waals surface area contributed by atoms with Crippen LogP contribution in [0.4, 0.5) is 0 Å². The molecule has 0 aliphatic rings. The van der Waals surface area contributed by atoms with E-state index in [-0.39, 0.29) is 11.7 Å². The van der Waals surface area contributed by atoms with Crippen LogP contribution in [0, 0.1) is 0 Å². The van der Waals surface area contributed by atoms with E-state index in [0.717, 1.165) is 4.47 Å². The van der Waals surface area contributed by atoms with Crippen LogP contribution in [0.1, 0.15) is 10.4 Å². The van der Waals surface area contributed by atoms with E-state index in [4.69, 9.17) is 0 Å². The van der Waals surface area contributed by atoms with Crippen molar-refractivity contribution in [2.75, 3.05) is 14.1 Å². The summed E-state index contributed by atoms with van der Waals surface area (Å²) in [7, 11) is 3.29. The number of aromatic hydroxyl groups is 1. The number of phenolic OH excluding ortho intramolecular Hbond substituents is 1. The quantitative estimate of drug-likeness (QED) is 0.819. The maximum atomic E-state index is 11.4. The topological polar surface area (TPSA) is 40.5 Å². The standard InChI is InChI=1S/C9H10BrNO2/c1-11(2)9(13)7-4-3-6(10)5-8(7)12/h3-5,12H,1-2H3. The van der Waals surface area contributed by atoms with Crippen LogP contribution in [0.3, 0.4) is 0 Å². The Bertz CT molecular complexity index is 336. The third-order valence-corrected chi connectivity index (χ3v) is 2.09. The number of rotatable bonds is 1. The highest BCUT2D eigenvalue weighted by Gasteiger charge is 2.12. The number of carbonyl (C=O) groups is 1. The first-order chi connectivity index (χ1) is 6.02. The Hall–Kier alpha value is -1.03. The van der Waals surface area contributed by atoms with E-state index in [1.165, 1.54) is 11.0 Å². The van der Waals surface area contributed by atoms with Gasteiger partial charge in [0.1, 0.15) is 5.75 Å². The lowest BCUT2D eigenvalue weighted by Crippen LogP contribution is -2.21. The van der Waals surface area contributed by atoms with E-state index in [1.54, 1.807) is 26.2 Å². The van der Waals surface area contributed by atoms with Crippen LogP contribution in [-0.2, 0) is 0 Å². The molecule has 0 spiro atoms. The number of hydrogen-bond acceptors (Lipinski definition) is 2. The molecule has 1 aromatic carbocycles. The van der Waals surface area contributed by atoms with Gasteiger partial charge >= 0.3 is 0 Å². The highest BCUT2D eigenvalue weighted by molar-refractivity contribution is 9.10. The van der Waals surface area contributed by atoms with Crippen molar-refractivity contribution in [1.82, 2.24) is 4.90 Å². The third-order valence-electron chi connectivity index (χ3n) is 1.60. The van der Waals surface area contributed by atoms with Gasteiger partial charge in [0, 0.05) is 18.6 Å². The largest absolute Gasteiger partial charge is 0.507 e. The summed E-state index contributed by atoms with van der Waals surface area (Å²) in [4.78, 5) is 12.8. The summed E-state index contributed by atoms with van der Waals surface area (Å²) in [5.41, 5.74) is 0.313. The lowest BCUT2D eigenvalue weighted by Gasteiger charge is -2.11. The number of nitrogens with zero attached hydrogens (tertiary/aromatic N) is 1. The van der Waals surface area contributed by atoms with E-state index < -0.39 is 0 Å². The fraction of sp³-hybridized carbons (Fsp3) is 0.222. The average molecular weight is 244 g/mol. The molecule has 0 atom stereocenters. The molecule has 1 aromatic rings. The molecule has 0 saturated heterocycles. The fourth-order valence-electron chi connectivity index (χ4n) is 0.927. The van der Waals surface area contributed by atoms with Crippen LogP contribution in [0.25, 0.3) is 0 Å². The van der Waals surface area contributed by atoms with Crippen molar-refractivity contribution in [3.8, 4) is 5.75 Å². The van der Waals surface area contributed by atoms with Gasteiger partial charge < -0.3 is 10.0 Å². The van der Waals surface area contributed by atoms with Crippen molar-refractivity contribution >= 4 is 21.8 Å². The molecule has 3 nitrogen and oxygen atoms in total. The first-order valence-electron chi connectivity index (χ1n) is 3.72. The van der Waals surface area contributed by atoms with Crippen LogP contribution in [-0.4, -0.2) is 30.0 Å². The van der Waals surface area contributed by atoms with Gasteiger partial charge in [-0.3, -0.25) is 4.79 Å². The predicted molar refractivity (Wildman–Crippen MR) is 53.8 cm³/mol. The van der Waals surface area contributed by atoms with Gasteiger partial charge in [0.15, 0.2) is 0 Å². The van der Waals surface area contributed by atoms with Gasteiger partial charge in [-0.05, 0) is 18.2 Å². The predicted octanol–water partition coefficient (Wildman–Crippen LogP) is 1.86. The monoisotopic (exact) mass is 243 g/mol. The van der Waals surface area contributed by atoms with Crippen molar-refractivity contribution in [2.24, 2.45) is 0 Å². The molecule has 1 rings (SSSR count). The summed E-state index contributed by atoms with van der Waals surface area (Å²) in [5.74, 6) is -0.210. The summed E-state index contributed by atoms with van der Waals surface area (Å²) < 4.78 is 0.750. The Morgan fingerprint density at radius 3 is 2.54 bits per heavy atom. The van der Waals surface area contributed by atoms with Gasteiger partial charge in [-0.2, -0.15) is 0 Å². The maximum absolute atomic E-state index is 11.4. The average Bonchev–Trinajstić information content (AvgIpc) is 2.03. The molecule has 0 bridgehead atoms. The van der Waals surface area contributed by atoms with Crippen molar-refractivity contribution in [1.29, 1.82) is 0 Å². The van der Waals surface area contributed by atoms with Crippen molar-refractivity contribution < 1.29 is 9.90 Å². The normalized spacial score (nSPS) is 9.77. The van der Waals surface area contributed by atoms with E-state index in [2.05, 4.69) is 15.9 Å². The zero-order valence-electron chi connectivity index (χ0n) is 7.41. The molecule has 0 fully saturated rings. The van der Waals surface area contributed by atoms with Gasteiger partial charge in [-0.1, -0.05) is 15.9 Å². The number of hydrogen-bond donors (Lipinski definition) is 1. The molecule has 0 unspecified atom stereocenters. The zero-order valence-corrected chi connectivity index (χ0v) is 9.00. The van der Waals surface area contributed by atoms with Crippen LogP contribution in [0.15, 0.2) is 22.7 Å². The molecule has 0 aromatic heterocycles. The molecule has 1 N–H and O–H groups in total. The molecule has 70 valence electrons. The van der Waals surface area contributed by atoms with E-state index in [9.17, 15) is 9.90 Å². The third kappa shape index (κ3) is 2.21. The number of phenols is 1. The van der Waals surface area contributed by atoms with Crippen LogP contribution in [0.2, 0.25) is 0 Å². The highest BCUT2D eigenvalue weighted by atomic mass is 79.9. The van der Waals surface area contributed by atoms with Gasteiger partial charge in [0.05, 0.1) is 5.56 Å². The van der Waals surface area contributed by atoms with Gasteiger partial charge in [-0.25, -0.2) is 0 Å². The highest BCUT2D eigenvalue weighted by Crippen LogP contribution is 2.22. The molecule has 13 heavy (non-hydrogen) atoms. The molecule has 0 aliphatic heterocycles. The second kappa shape index (κ2) is 3.79. The molecular formula is C9H10BrNO2. The smallest absolute Gasteiger partial charge is 0.257 e. The first-order valence-corrected chi connectivity index (χ1v) is 4.52. The number of benzene rings is 1. The molecular weight excluding hydrogens is 234 g/mol. The van der Waals surface area contributed by atoms with Gasteiger partial charge in [-0.15, -0.1) is 0 Å². The minimum Gasteiger partial charge on any atom is -0.507 e. The fourth-order valence-corrected chi connectivity index (χ4v) is 1.28. The van der Waals surface area contributed by atoms with Crippen LogP contribution < -0.4 is 0 Å². The van der Waals surface area contributed by atoms with Gasteiger partial charge in [0.2, 0.25) is 0 Å². The lowest BCUT2D eigenvalue weighted by molar-refractivity contribution is 0.0824. The number of carbonyl (C=O) groups excluding carboxylic acids is 1. The zero-order chi connectivity index (χ0) is 10.0. The van der Waals surface area contributed by atoms with Crippen molar-refractivity contribution in [3.63, 3.8) is 0 Å². The first kappa shape index (κ1) is 10.1. The number of halogens is 1. The van der Waals surface area contributed by atoms with Crippen LogP contribution >= 0.6 is 15.9 Å². The Morgan fingerprint density at radius 2 is 2.08 bits per heavy atom. The van der Waals surface area contributed by atoms with E-state index in [1.807, 2.05) is 0 Å². The number of amides is 1. The summed E-state index contributed by atoms with van der Waals surface area (Å²) >= 11 is 3.20. The summed E-state index contributed by atoms with van der Waals surface area (Å²) in [5, 5.41) is 9.43. The van der Waals surface area contributed by atoms with Crippen LogP contribution in [0.5, 0.6) is 5.75 Å². The molecule has 1 amide bonds. The minimum absolute atomic E-state index is 0.00641. The Morgan fingerprint density at radius 1 is 1.46 bits per heavy atom. The maximum Gasteiger partial charge on any atom is 0.257 e. The van der Waals surface area contributed by atoms with Crippen molar-refractivity contribution in [3.05, 3.63) is 28.2 Å². The van der Waals surface area contributed by atoms with Crippen molar-refractivity contribution in [2.45, 2.75) is 0 Å². The van der Waals surface area contributed by atoms with E-state index in [0.29, 0.717) is 5.56 Å². The summed E-state index contributed by atoms with van der Waals surface area (Å²) in [6, 6.07) is 4.80. The van der Waals surface area contributed by atoms with E-state index >= 15 is 0 Å².